The van der Waals surface area contributed by atoms with E-state index < -0.39 is 0 Å². The topological polar surface area (TPSA) is 80.1 Å². The highest BCUT2D eigenvalue weighted by atomic mass is 16.5. The molecule has 2 rings (SSSR count). The Balaban J connectivity index is 1.95. The number of urea groups is 1. The number of nitrogens with one attached hydrogen (secondary N) is 1. The van der Waals surface area contributed by atoms with Crippen LogP contribution in [0.4, 0.5) is 10.5 Å². The van der Waals surface area contributed by atoms with E-state index in [1.807, 2.05) is 0 Å². The second-order valence-electron chi connectivity index (χ2n) is 5.15. The third-order valence-electron chi connectivity index (χ3n) is 3.71. The quantitative estimate of drug-likeness (QED) is 0.841. The SMILES string of the molecule is COc1cc(NC(=O)N2CCN(CCN)CC2)cc(OC)c1. The Morgan fingerprint density at radius 3 is 2.23 bits per heavy atom. The predicted molar refractivity (Wildman–Crippen MR) is 85.6 cm³/mol. The van der Waals surface area contributed by atoms with Gasteiger partial charge < -0.3 is 25.4 Å². The summed E-state index contributed by atoms with van der Waals surface area (Å²) in [6.07, 6.45) is 0. The van der Waals surface area contributed by atoms with Gasteiger partial charge in [0.2, 0.25) is 0 Å². The maximum atomic E-state index is 12.3. The van der Waals surface area contributed by atoms with E-state index in [4.69, 9.17) is 15.2 Å². The first kappa shape index (κ1) is 16.4. The molecule has 1 saturated heterocycles. The number of hydrogen-bond donors (Lipinski definition) is 2. The van der Waals surface area contributed by atoms with Crippen LogP contribution in [0.15, 0.2) is 18.2 Å². The fraction of sp³-hybridized carbons (Fsp3) is 0.533. The zero-order chi connectivity index (χ0) is 15.9. The highest BCUT2D eigenvalue weighted by Gasteiger charge is 2.20. The van der Waals surface area contributed by atoms with Crippen LogP contribution in [0.1, 0.15) is 0 Å². The molecule has 7 nitrogen and oxygen atoms in total. The fourth-order valence-corrected chi connectivity index (χ4v) is 2.44. The predicted octanol–water partition coefficient (Wildman–Crippen LogP) is 0.812. The molecule has 122 valence electrons. The number of hydrogen-bond acceptors (Lipinski definition) is 5. The summed E-state index contributed by atoms with van der Waals surface area (Å²) in [6.45, 7) is 4.64. The van der Waals surface area contributed by atoms with Gasteiger partial charge in [0.1, 0.15) is 11.5 Å². The van der Waals surface area contributed by atoms with Gasteiger partial charge in [-0.25, -0.2) is 4.79 Å². The lowest BCUT2D eigenvalue weighted by atomic mass is 10.2. The van der Waals surface area contributed by atoms with Gasteiger partial charge in [-0.1, -0.05) is 0 Å². The molecule has 0 unspecified atom stereocenters. The van der Waals surface area contributed by atoms with Crippen molar-refractivity contribution in [2.75, 3.05) is 58.8 Å². The van der Waals surface area contributed by atoms with Crippen LogP contribution in [0.2, 0.25) is 0 Å². The minimum atomic E-state index is -0.109. The summed E-state index contributed by atoms with van der Waals surface area (Å²) in [7, 11) is 3.16. The van der Waals surface area contributed by atoms with Crippen LogP contribution in [0.5, 0.6) is 11.5 Å². The van der Waals surface area contributed by atoms with Crippen LogP contribution >= 0.6 is 0 Å². The largest absolute Gasteiger partial charge is 0.497 e. The second-order valence-corrected chi connectivity index (χ2v) is 5.15. The van der Waals surface area contributed by atoms with Crippen LogP contribution in [0, 0.1) is 0 Å². The normalized spacial score (nSPS) is 15.5. The van der Waals surface area contributed by atoms with Gasteiger partial charge in [-0.3, -0.25) is 4.90 Å². The van der Waals surface area contributed by atoms with E-state index in [2.05, 4.69) is 10.2 Å². The average Bonchev–Trinajstić information content (AvgIpc) is 2.55. The molecular formula is C15H24N4O3. The second kappa shape index (κ2) is 7.86. The van der Waals surface area contributed by atoms with E-state index in [1.165, 1.54) is 0 Å². The number of carbonyl (C=O) groups excluding carboxylic acids is 1. The van der Waals surface area contributed by atoms with Crippen molar-refractivity contribution in [2.24, 2.45) is 5.73 Å². The van der Waals surface area contributed by atoms with E-state index in [0.717, 1.165) is 19.6 Å². The number of ether oxygens (including phenoxy) is 2. The number of piperazine rings is 1. The molecular weight excluding hydrogens is 284 g/mol. The van der Waals surface area contributed by atoms with Gasteiger partial charge >= 0.3 is 6.03 Å². The number of nitrogens with two attached hydrogens (primary N) is 1. The van der Waals surface area contributed by atoms with Crippen LogP contribution in [0.3, 0.4) is 0 Å². The van der Waals surface area contributed by atoms with Gasteiger partial charge in [0.15, 0.2) is 0 Å². The molecule has 0 saturated carbocycles. The Bertz CT molecular complexity index is 479. The minimum absolute atomic E-state index is 0.109. The van der Waals surface area contributed by atoms with Gasteiger partial charge in [0.25, 0.3) is 0 Å². The first-order chi connectivity index (χ1) is 10.7. The van der Waals surface area contributed by atoms with Crippen molar-refractivity contribution in [1.82, 2.24) is 9.80 Å². The maximum Gasteiger partial charge on any atom is 0.321 e. The molecule has 1 aliphatic heterocycles. The summed E-state index contributed by atoms with van der Waals surface area (Å²) in [4.78, 5) is 16.4. The summed E-state index contributed by atoms with van der Waals surface area (Å²) in [5.74, 6) is 1.28. The molecule has 0 atom stereocenters. The lowest BCUT2D eigenvalue weighted by Gasteiger charge is -2.34. The summed E-state index contributed by atoms with van der Waals surface area (Å²) in [6, 6.07) is 5.19. The van der Waals surface area contributed by atoms with Gasteiger partial charge in [-0.2, -0.15) is 0 Å². The first-order valence-electron chi connectivity index (χ1n) is 7.37. The Kier molecular flexibility index (Phi) is 5.85. The first-order valence-corrected chi connectivity index (χ1v) is 7.37. The molecule has 0 radical (unpaired) electrons. The fourth-order valence-electron chi connectivity index (χ4n) is 2.44. The molecule has 7 heteroatoms. The summed E-state index contributed by atoms with van der Waals surface area (Å²) >= 11 is 0. The summed E-state index contributed by atoms with van der Waals surface area (Å²) < 4.78 is 10.4. The Morgan fingerprint density at radius 1 is 1.14 bits per heavy atom. The molecule has 0 bridgehead atoms. The monoisotopic (exact) mass is 308 g/mol. The maximum absolute atomic E-state index is 12.3. The number of rotatable bonds is 5. The molecule has 3 N–H and O–H groups in total. The minimum Gasteiger partial charge on any atom is -0.497 e. The third kappa shape index (κ3) is 4.25. The van der Waals surface area contributed by atoms with E-state index in [1.54, 1.807) is 37.3 Å². The molecule has 1 aromatic carbocycles. The van der Waals surface area contributed by atoms with E-state index in [-0.39, 0.29) is 6.03 Å². The Morgan fingerprint density at radius 2 is 1.73 bits per heavy atom. The van der Waals surface area contributed by atoms with Gasteiger partial charge in [0, 0.05) is 63.2 Å². The van der Waals surface area contributed by atoms with Crippen molar-refractivity contribution in [3.05, 3.63) is 18.2 Å². The van der Waals surface area contributed by atoms with E-state index in [0.29, 0.717) is 36.8 Å². The average molecular weight is 308 g/mol. The van der Waals surface area contributed by atoms with Crippen molar-refractivity contribution >= 4 is 11.7 Å². The number of benzene rings is 1. The number of anilines is 1. The van der Waals surface area contributed by atoms with Crippen molar-refractivity contribution in [3.63, 3.8) is 0 Å². The summed E-state index contributed by atoms with van der Waals surface area (Å²) in [5.41, 5.74) is 6.21. The molecule has 0 spiro atoms. The molecule has 22 heavy (non-hydrogen) atoms. The van der Waals surface area contributed by atoms with Crippen molar-refractivity contribution in [2.45, 2.75) is 0 Å². The number of nitrogens with zero attached hydrogens (tertiary/aromatic N) is 2. The lowest BCUT2D eigenvalue weighted by molar-refractivity contribution is 0.149. The zero-order valence-electron chi connectivity index (χ0n) is 13.2. The zero-order valence-corrected chi connectivity index (χ0v) is 13.2. The number of methoxy groups -OCH3 is 2. The number of amides is 2. The smallest absolute Gasteiger partial charge is 0.321 e. The van der Waals surface area contributed by atoms with E-state index >= 15 is 0 Å². The van der Waals surface area contributed by atoms with Gasteiger partial charge in [-0.15, -0.1) is 0 Å². The number of carbonyl (C=O) groups is 1. The molecule has 1 aromatic rings. The molecule has 1 aliphatic rings. The van der Waals surface area contributed by atoms with Crippen LogP contribution in [0.25, 0.3) is 0 Å². The van der Waals surface area contributed by atoms with Crippen LogP contribution < -0.4 is 20.5 Å². The highest BCUT2D eigenvalue weighted by molar-refractivity contribution is 5.90. The van der Waals surface area contributed by atoms with Crippen LogP contribution in [-0.4, -0.2) is 69.3 Å². The van der Waals surface area contributed by atoms with Crippen LogP contribution in [-0.2, 0) is 0 Å². The Labute approximate surface area is 131 Å². The Hall–Kier alpha value is -1.99. The molecule has 0 aliphatic carbocycles. The standard InChI is InChI=1S/C15H24N4O3/c1-21-13-9-12(10-14(11-13)22-2)17-15(20)19-7-5-18(4-3-16)6-8-19/h9-11H,3-8,16H2,1-2H3,(H,17,20). The van der Waals surface area contributed by atoms with Crippen molar-refractivity contribution in [3.8, 4) is 11.5 Å². The van der Waals surface area contributed by atoms with E-state index in [9.17, 15) is 4.79 Å². The molecule has 0 aromatic heterocycles. The molecule has 1 fully saturated rings. The molecule has 1 heterocycles. The van der Waals surface area contributed by atoms with Crippen molar-refractivity contribution < 1.29 is 14.3 Å². The highest BCUT2D eigenvalue weighted by Crippen LogP contribution is 2.26. The van der Waals surface area contributed by atoms with Gasteiger partial charge in [-0.05, 0) is 0 Å². The molecule has 2 amide bonds. The lowest BCUT2D eigenvalue weighted by Crippen LogP contribution is -2.50. The third-order valence-corrected chi connectivity index (χ3v) is 3.71. The van der Waals surface area contributed by atoms with Crippen molar-refractivity contribution in [1.29, 1.82) is 0 Å². The van der Waals surface area contributed by atoms with Gasteiger partial charge in [0.05, 0.1) is 14.2 Å². The summed E-state index contributed by atoms with van der Waals surface area (Å²) in [5, 5.41) is 2.89.